The lowest BCUT2D eigenvalue weighted by Crippen LogP contribution is -2.50. The van der Waals surface area contributed by atoms with Crippen molar-refractivity contribution in [2.45, 2.75) is 32.3 Å². The highest BCUT2D eigenvalue weighted by atomic mass is 35.5. The fourth-order valence-corrected chi connectivity index (χ4v) is 4.43. The highest BCUT2D eigenvalue weighted by Gasteiger charge is 2.54. The van der Waals surface area contributed by atoms with Crippen LogP contribution in [0.3, 0.4) is 0 Å². The Labute approximate surface area is 186 Å². The van der Waals surface area contributed by atoms with Gasteiger partial charge >= 0.3 is 6.09 Å². The summed E-state index contributed by atoms with van der Waals surface area (Å²) in [5, 5.41) is 30.4. The Balaban J connectivity index is 2.19. The van der Waals surface area contributed by atoms with Crippen LogP contribution in [0.4, 0.5) is 4.79 Å². The van der Waals surface area contributed by atoms with Gasteiger partial charge in [0.2, 0.25) is 0 Å². The molecule has 8 heteroatoms. The molecular weight excluding hydrogens is 414 g/mol. The third-order valence-corrected chi connectivity index (χ3v) is 5.76. The van der Waals surface area contributed by atoms with E-state index in [1.807, 2.05) is 0 Å². The Morgan fingerprint density at radius 3 is 2.52 bits per heavy atom. The maximum Gasteiger partial charge on any atom is 0.410 e. The molecule has 1 aromatic carbocycles. The van der Waals surface area contributed by atoms with Gasteiger partial charge in [-0.1, -0.05) is 29.8 Å². The number of nitrogens with zero attached hydrogens (tertiary/aromatic N) is 4. The summed E-state index contributed by atoms with van der Waals surface area (Å²) in [5.74, 6) is -1.24. The van der Waals surface area contributed by atoms with Gasteiger partial charge in [-0.15, -0.1) is 0 Å². The molecule has 0 unspecified atom stereocenters. The van der Waals surface area contributed by atoms with Crippen LogP contribution in [0.2, 0.25) is 5.02 Å². The standard InChI is InChI=1S/C23H22ClN5O2/c1-22(2,3)31-21(30)29-8-7-16-17(10-25)20(28)23(12-26,13-27)19(18(16)11-29)14-5-4-6-15(24)9-14/h4-7,9,18-19H,8,11,28H2,1-3H3/t18-,19-/m0/s1. The molecule has 1 heterocycles. The quantitative estimate of drug-likeness (QED) is 0.710. The first kappa shape index (κ1) is 22.2. The number of carbonyl (C=O) groups excluding carboxylic acids is 1. The summed E-state index contributed by atoms with van der Waals surface area (Å²) >= 11 is 6.20. The largest absolute Gasteiger partial charge is 0.444 e. The van der Waals surface area contributed by atoms with E-state index in [0.717, 1.165) is 0 Å². The van der Waals surface area contributed by atoms with E-state index >= 15 is 0 Å². The first-order valence-corrected chi connectivity index (χ1v) is 10.1. The number of carbonyl (C=O) groups is 1. The lowest BCUT2D eigenvalue weighted by Gasteiger charge is -2.45. The Hall–Kier alpha value is -3.47. The molecule has 0 aromatic heterocycles. The monoisotopic (exact) mass is 435 g/mol. The fourth-order valence-electron chi connectivity index (χ4n) is 4.23. The molecule has 0 saturated carbocycles. The molecule has 0 bridgehead atoms. The van der Waals surface area contributed by atoms with Crippen molar-refractivity contribution in [2.75, 3.05) is 13.1 Å². The number of ether oxygens (including phenoxy) is 1. The molecule has 7 nitrogen and oxygen atoms in total. The van der Waals surface area contributed by atoms with E-state index in [1.165, 1.54) is 4.90 Å². The predicted octanol–water partition coefficient (Wildman–Crippen LogP) is 4.00. The molecule has 2 atom stereocenters. The zero-order valence-electron chi connectivity index (χ0n) is 17.5. The smallest absolute Gasteiger partial charge is 0.410 e. The number of nitrogens with two attached hydrogens (primary N) is 1. The molecule has 0 spiro atoms. The molecule has 3 rings (SSSR count). The van der Waals surface area contributed by atoms with Gasteiger partial charge in [-0.25, -0.2) is 4.79 Å². The number of hydrogen-bond acceptors (Lipinski definition) is 6. The van der Waals surface area contributed by atoms with Gasteiger partial charge < -0.3 is 15.4 Å². The van der Waals surface area contributed by atoms with Crippen molar-refractivity contribution in [2.24, 2.45) is 17.1 Å². The van der Waals surface area contributed by atoms with E-state index in [0.29, 0.717) is 16.2 Å². The van der Waals surface area contributed by atoms with Crippen molar-refractivity contribution in [1.82, 2.24) is 4.90 Å². The lowest BCUT2D eigenvalue weighted by atomic mass is 9.58. The Morgan fingerprint density at radius 1 is 1.29 bits per heavy atom. The number of halogens is 1. The minimum Gasteiger partial charge on any atom is -0.444 e. The van der Waals surface area contributed by atoms with E-state index < -0.39 is 28.9 Å². The van der Waals surface area contributed by atoms with Crippen LogP contribution in [0.25, 0.3) is 0 Å². The Morgan fingerprint density at radius 2 is 1.97 bits per heavy atom. The molecule has 31 heavy (non-hydrogen) atoms. The second-order valence-electron chi connectivity index (χ2n) is 8.62. The molecule has 1 aromatic rings. The minimum absolute atomic E-state index is 0.0711. The van der Waals surface area contributed by atoms with Crippen molar-refractivity contribution >= 4 is 17.7 Å². The van der Waals surface area contributed by atoms with Crippen LogP contribution >= 0.6 is 11.6 Å². The first-order valence-electron chi connectivity index (χ1n) is 9.74. The van der Waals surface area contributed by atoms with Gasteiger partial charge in [0.25, 0.3) is 0 Å². The van der Waals surface area contributed by atoms with Crippen LogP contribution in [-0.4, -0.2) is 29.7 Å². The predicted molar refractivity (Wildman–Crippen MR) is 114 cm³/mol. The highest BCUT2D eigenvalue weighted by Crippen LogP contribution is 2.54. The third kappa shape index (κ3) is 3.83. The van der Waals surface area contributed by atoms with Crippen LogP contribution in [0.5, 0.6) is 0 Å². The Bertz CT molecular complexity index is 1100. The van der Waals surface area contributed by atoms with E-state index in [9.17, 15) is 20.6 Å². The molecule has 1 aliphatic heterocycles. The van der Waals surface area contributed by atoms with Crippen LogP contribution in [0, 0.1) is 45.3 Å². The van der Waals surface area contributed by atoms with Crippen molar-refractivity contribution in [1.29, 1.82) is 15.8 Å². The third-order valence-electron chi connectivity index (χ3n) is 5.52. The van der Waals surface area contributed by atoms with Gasteiger partial charge in [-0.3, -0.25) is 0 Å². The normalized spacial score (nSPS) is 22.4. The minimum atomic E-state index is -1.78. The highest BCUT2D eigenvalue weighted by molar-refractivity contribution is 6.30. The molecule has 0 radical (unpaired) electrons. The molecule has 2 N–H and O–H groups in total. The zero-order valence-corrected chi connectivity index (χ0v) is 18.3. The summed E-state index contributed by atoms with van der Waals surface area (Å²) in [6, 6.07) is 13.1. The summed E-state index contributed by atoms with van der Waals surface area (Å²) in [6.45, 7) is 5.73. The maximum atomic E-state index is 12.7. The molecule has 2 aliphatic rings. The van der Waals surface area contributed by atoms with E-state index in [4.69, 9.17) is 22.1 Å². The van der Waals surface area contributed by atoms with Crippen molar-refractivity contribution in [3.63, 3.8) is 0 Å². The summed E-state index contributed by atoms with van der Waals surface area (Å²) in [6.07, 6.45) is 1.24. The second kappa shape index (κ2) is 7.99. The number of fused-ring (bicyclic) bond motifs is 1. The molecule has 0 fully saturated rings. The average Bonchev–Trinajstić information content (AvgIpc) is 2.71. The lowest BCUT2D eigenvalue weighted by molar-refractivity contribution is 0.0224. The summed E-state index contributed by atoms with van der Waals surface area (Å²) in [5.41, 5.74) is 5.13. The van der Waals surface area contributed by atoms with Crippen LogP contribution < -0.4 is 5.73 Å². The van der Waals surface area contributed by atoms with Crippen LogP contribution in [0.15, 0.2) is 47.2 Å². The van der Waals surface area contributed by atoms with Gasteiger partial charge in [-0.05, 0) is 44.0 Å². The van der Waals surface area contributed by atoms with Crippen LogP contribution in [0.1, 0.15) is 32.3 Å². The summed E-state index contributed by atoms with van der Waals surface area (Å²) < 4.78 is 5.50. The zero-order chi connectivity index (χ0) is 23.0. The number of amides is 1. The molecule has 1 amide bonds. The number of rotatable bonds is 1. The van der Waals surface area contributed by atoms with Gasteiger partial charge in [0.1, 0.15) is 11.7 Å². The van der Waals surface area contributed by atoms with Gasteiger partial charge in [0, 0.05) is 29.9 Å². The fraction of sp³-hybridized carbons (Fsp3) is 0.391. The number of nitriles is 3. The molecule has 1 aliphatic carbocycles. The average molecular weight is 436 g/mol. The maximum absolute atomic E-state index is 12.7. The van der Waals surface area contributed by atoms with E-state index in [1.54, 1.807) is 51.1 Å². The second-order valence-corrected chi connectivity index (χ2v) is 9.05. The first-order chi connectivity index (χ1) is 14.6. The Kier molecular flexibility index (Phi) is 5.72. The van der Waals surface area contributed by atoms with E-state index in [2.05, 4.69) is 18.2 Å². The van der Waals surface area contributed by atoms with Crippen LogP contribution in [-0.2, 0) is 4.74 Å². The topological polar surface area (TPSA) is 127 Å². The van der Waals surface area contributed by atoms with Crippen molar-refractivity contribution < 1.29 is 9.53 Å². The van der Waals surface area contributed by atoms with Crippen molar-refractivity contribution in [3.05, 3.63) is 57.8 Å². The summed E-state index contributed by atoms with van der Waals surface area (Å²) in [4.78, 5) is 14.2. The molecule has 158 valence electrons. The molecular formula is C23H22ClN5O2. The number of hydrogen-bond donors (Lipinski definition) is 1. The van der Waals surface area contributed by atoms with Crippen molar-refractivity contribution in [3.8, 4) is 18.2 Å². The van der Waals surface area contributed by atoms with E-state index in [-0.39, 0.29) is 24.4 Å². The SMILES string of the molecule is CC(C)(C)OC(=O)N1CC=C2C(C#N)=C(N)C(C#N)(C#N)[C@@H](c3cccc(Cl)c3)[C@H]2C1. The summed E-state index contributed by atoms with van der Waals surface area (Å²) in [7, 11) is 0. The van der Waals surface area contributed by atoms with Gasteiger partial charge in [0.05, 0.1) is 23.4 Å². The number of benzene rings is 1. The van der Waals surface area contributed by atoms with Gasteiger partial charge in [0.15, 0.2) is 5.41 Å². The molecule has 0 saturated heterocycles. The van der Waals surface area contributed by atoms with Gasteiger partial charge in [-0.2, -0.15) is 15.8 Å². The number of allylic oxidation sites excluding steroid dienone is 2.